The molecule has 0 aromatic heterocycles. The second-order valence-electron chi connectivity index (χ2n) is 9.72. The van der Waals surface area contributed by atoms with Gasteiger partial charge in [0.05, 0.1) is 0 Å². The van der Waals surface area contributed by atoms with Crippen LogP contribution in [0.4, 0.5) is 17.6 Å². The van der Waals surface area contributed by atoms with Gasteiger partial charge in [0.15, 0.2) is 0 Å². The number of fused-ring (bicyclic) bond motifs is 2. The van der Waals surface area contributed by atoms with Gasteiger partial charge in [-0.05, 0) is 51.0 Å². The van der Waals surface area contributed by atoms with Gasteiger partial charge in [0.2, 0.25) is 0 Å². The van der Waals surface area contributed by atoms with Crippen molar-refractivity contribution >= 4 is 16.1 Å². The van der Waals surface area contributed by atoms with Crippen LogP contribution >= 0.6 is 0 Å². The number of nitrogens with one attached hydrogen (secondary N) is 1. The third-order valence-corrected chi connectivity index (χ3v) is 7.00. The summed E-state index contributed by atoms with van der Waals surface area (Å²) in [6, 6.07) is 0. The number of esters is 1. The van der Waals surface area contributed by atoms with Gasteiger partial charge in [-0.25, -0.2) is 0 Å². The van der Waals surface area contributed by atoms with E-state index in [1.165, 1.54) is 0 Å². The Morgan fingerprint density at radius 3 is 2.07 bits per heavy atom. The Morgan fingerprint density at radius 1 is 1.10 bits per heavy atom. The van der Waals surface area contributed by atoms with Crippen LogP contribution in [0.5, 0.6) is 0 Å². The minimum absolute atomic E-state index is 0.134. The summed E-state index contributed by atoms with van der Waals surface area (Å²) in [5.41, 5.74) is -1.35. The standard InChI is InChI=1S/C18H29F4NO5S/c1-15(2,3)9-16(4,23-5)14(24)28-13-8-10-6-11(13)12(7-10)17(19,20)18(21,22)29(25,26)27/h10-13,23H,6-9H2,1-5H3,(H,25,26,27). The molecule has 2 aliphatic rings. The van der Waals surface area contributed by atoms with Crippen LogP contribution in [0, 0.1) is 23.2 Å². The predicted octanol–water partition coefficient (Wildman–Crippen LogP) is 3.47. The first-order valence-corrected chi connectivity index (χ1v) is 10.9. The predicted molar refractivity (Wildman–Crippen MR) is 97.2 cm³/mol. The molecule has 6 nitrogen and oxygen atoms in total. The molecule has 0 spiro atoms. The molecule has 0 aliphatic heterocycles. The molecule has 2 rings (SSSR count). The van der Waals surface area contributed by atoms with E-state index in [0.717, 1.165) is 0 Å². The first-order valence-electron chi connectivity index (χ1n) is 9.48. The summed E-state index contributed by atoms with van der Waals surface area (Å²) >= 11 is 0. The maximum absolute atomic E-state index is 14.5. The lowest BCUT2D eigenvalue weighted by Crippen LogP contribution is -2.55. The smallest absolute Gasteiger partial charge is 0.431 e. The minimum atomic E-state index is -6.30. The molecule has 2 fully saturated rings. The van der Waals surface area contributed by atoms with E-state index < -0.39 is 50.7 Å². The Hall–Kier alpha value is -0.940. The Labute approximate surface area is 168 Å². The summed E-state index contributed by atoms with van der Waals surface area (Å²) < 4.78 is 92.3. The maximum Gasteiger partial charge on any atom is 0.431 e. The van der Waals surface area contributed by atoms with Gasteiger partial charge in [-0.2, -0.15) is 26.0 Å². The highest BCUT2D eigenvalue weighted by atomic mass is 32.2. The fraction of sp³-hybridized carbons (Fsp3) is 0.944. The third kappa shape index (κ3) is 4.41. The van der Waals surface area contributed by atoms with E-state index in [2.05, 4.69) is 5.32 Å². The molecule has 5 unspecified atom stereocenters. The van der Waals surface area contributed by atoms with Crippen LogP contribution in [0.15, 0.2) is 0 Å². The second kappa shape index (κ2) is 7.33. The average Bonchev–Trinajstić information content (AvgIpc) is 3.12. The summed E-state index contributed by atoms with van der Waals surface area (Å²) in [6.07, 6.45) is -0.550. The third-order valence-electron chi connectivity index (χ3n) is 6.08. The molecule has 0 amide bonds. The van der Waals surface area contributed by atoms with E-state index in [1.807, 2.05) is 20.8 Å². The summed E-state index contributed by atoms with van der Waals surface area (Å²) in [7, 11) is -4.74. The zero-order valence-corrected chi connectivity index (χ0v) is 18.0. The van der Waals surface area contributed by atoms with Gasteiger partial charge in [0.25, 0.3) is 0 Å². The van der Waals surface area contributed by atoms with Crippen LogP contribution in [0.25, 0.3) is 0 Å². The normalized spacial score (nSPS) is 30.3. The molecule has 0 aromatic carbocycles. The number of carbonyl (C=O) groups excluding carboxylic acids is 1. The zero-order chi connectivity index (χ0) is 22.6. The number of rotatable bonds is 7. The lowest BCUT2D eigenvalue weighted by atomic mass is 9.80. The van der Waals surface area contributed by atoms with Gasteiger partial charge in [0, 0.05) is 11.8 Å². The summed E-state index contributed by atoms with van der Waals surface area (Å²) in [5.74, 6) is -9.16. The van der Waals surface area contributed by atoms with Crippen LogP contribution in [0.1, 0.15) is 53.4 Å². The van der Waals surface area contributed by atoms with Crippen LogP contribution in [-0.4, -0.2) is 48.8 Å². The van der Waals surface area contributed by atoms with Crippen molar-refractivity contribution in [3.63, 3.8) is 0 Å². The largest absolute Gasteiger partial charge is 0.461 e. The lowest BCUT2D eigenvalue weighted by Gasteiger charge is -2.39. The molecular weight excluding hydrogens is 418 g/mol. The molecule has 170 valence electrons. The van der Waals surface area contributed by atoms with Gasteiger partial charge in [-0.15, -0.1) is 0 Å². The van der Waals surface area contributed by atoms with Crippen molar-refractivity contribution in [1.29, 1.82) is 0 Å². The van der Waals surface area contributed by atoms with Crippen molar-refractivity contribution in [2.75, 3.05) is 7.05 Å². The second-order valence-corrected chi connectivity index (χ2v) is 11.2. The van der Waals surface area contributed by atoms with Crippen LogP contribution in [-0.2, 0) is 19.6 Å². The monoisotopic (exact) mass is 447 g/mol. The molecule has 2 N–H and O–H groups in total. The highest BCUT2D eigenvalue weighted by Crippen LogP contribution is 2.59. The van der Waals surface area contributed by atoms with Crippen molar-refractivity contribution < 1.29 is 40.1 Å². The Morgan fingerprint density at radius 2 is 1.66 bits per heavy atom. The van der Waals surface area contributed by atoms with Gasteiger partial charge in [-0.1, -0.05) is 20.8 Å². The highest BCUT2D eigenvalue weighted by molar-refractivity contribution is 7.87. The molecule has 2 saturated carbocycles. The number of ether oxygens (including phenoxy) is 1. The SMILES string of the molecule is CNC(C)(CC(C)(C)C)C(=O)OC1CC2CC1C(C(F)(F)C(F)(F)S(=O)(=O)O)C2. The topological polar surface area (TPSA) is 92.7 Å². The Bertz CT molecular complexity index is 752. The molecule has 29 heavy (non-hydrogen) atoms. The number of hydrogen-bond acceptors (Lipinski definition) is 5. The van der Waals surface area contributed by atoms with Gasteiger partial charge >= 0.3 is 27.3 Å². The van der Waals surface area contributed by atoms with Crippen molar-refractivity contribution in [2.45, 2.75) is 76.2 Å². The summed E-state index contributed by atoms with van der Waals surface area (Å²) in [5, 5.41) is -2.73. The van der Waals surface area contributed by atoms with Crippen LogP contribution in [0.3, 0.4) is 0 Å². The molecule has 0 aromatic rings. The van der Waals surface area contributed by atoms with E-state index in [0.29, 0.717) is 6.42 Å². The molecule has 11 heteroatoms. The zero-order valence-electron chi connectivity index (χ0n) is 17.1. The van der Waals surface area contributed by atoms with E-state index >= 15 is 0 Å². The fourth-order valence-corrected chi connectivity index (χ4v) is 5.31. The van der Waals surface area contributed by atoms with E-state index in [-0.39, 0.29) is 30.6 Å². The summed E-state index contributed by atoms with van der Waals surface area (Å²) in [6.45, 7) is 7.37. The van der Waals surface area contributed by atoms with Crippen molar-refractivity contribution in [3.8, 4) is 0 Å². The number of carbonyl (C=O) groups is 1. The number of hydrogen-bond donors (Lipinski definition) is 2. The van der Waals surface area contributed by atoms with Crippen molar-refractivity contribution in [3.05, 3.63) is 0 Å². The highest BCUT2D eigenvalue weighted by Gasteiger charge is 2.72. The molecule has 2 bridgehead atoms. The Kier molecular flexibility index (Phi) is 6.15. The molecule has 5 atom stereocenters. The quantitative estimate of drug-likeness (QED) is 0.353. The van der Waals surface area contributed by atoms with Crippen molar-refractivity contribution in [2.24, 2.45) is 23.2 Å². The van der Waals surface area contributed by atoms with Gasteiger partial charge < -0.3 is 10.1 Å². The van der Waals surface area contributed by atoms with Gasteiger partial charge in [0.1, 0.15) is 11.6 Å². The number of likely N-dealkylation sites (N-methyl/N-ethyl adjacent to an activating group) is 1. The van der Waals surface area contributed by atoms with E-state index in [1.54, 1.807) is 14.0 Å². The molecule has 0 radical (unpaired) electrons. The maximum atomic E-state index is 14.5. The van der Waals surface area contributed by atoms with E-state index in [4.69, 9.17) is 9.29 Å². The van der Waals surface area contributed by atoms with E-state index in [9.17, 15) is 30.8 Å². The lowest BCUT2D eigenvalue weighted by molar-refractivity contribution is -0.213. The Balaban J connectivity index is 2.22. The molecular formula is C18H29F4NO5S. The first kappa shape index (κ1) is 24.3. The molecule has 2 aliphatic carbocycles. The number of halogens is 4. The summed E-state index contributed by atoms with van der Waals surface area (Å²) in [4.78, 5) is 12.8. The van der Waals surface area contributed by atoms with Gasteiger partial charge in [-0.3, -0.25) is 9.35 Å². The number of alkyl halides is 4. The van der Waals surface area contributed by atoms with Crippen LogP contribution < -0.4 is 5.32 Å². The van der Waals surface area contributed by atoms with Crippen molar-refractivity contribution in [1.82, 2.24) is 5.32 Å². The molecule has 0 saturated heterocycles. The first-order chi connectivity index (χ1) is 12.9. The molecule has 0 heterocycles. The minimum Gasteiger partial charge on any atom is -0.461 e. The van der Waals surface area contributed by atoms with Crippen LogP contribution in [0.2, 0.25) is 0 Å². The fourth-order valence-electron chi connectivity index (χ4n) is 4.82. The average molecular weight is 447 g/mol.